The number of amides is 2. The third-order valence-electron chi connectivity index (χ3n) is 3.44. The van der Waals surface area contributed by atoms with Crippen molar-refractivity contribution in [2.24, 2.45) is 5.41 Å². The SMILES string of the molecule is C[C@H](NC(=O)C1(C(=O)Nc2ccc(F)cc2)CC1)C(=O)O. The number of halogens is 1. The van der Waals surface area contributed by atoms with E-state index < -0.39 is 35.1 Å². The van der Waals surface area contributed by atoms with Gasteiger partial charge in [-0.15, -0.1) is 0 Å². The summed E-state index contributed by atoms with van der Waals surface area (Å²) in [7, 11) is 0. The zero-order chi connectivity index (χ0) is 15.6. The Morgan fingerprint density at radius 2 is 1.76 bits per heavy atom. The maximum atomic E-state index is 12.8. The number of aliphatic carboxylic acids is 1. The molecule has 1 atom stereocenters. The van der Waals surface area contributed by atoms with Crippen LogP contribution in [0.1, 0.15) is 19.8 Å². The van der Waals surface area contributed by atoms with Crippen LogP contribution in [0.15, 0.2) is 24.3 Å². The fourth-order valence-electron chi connectivity index (χ4n) is 1.86. The summed E-state index contributed by atoms with van der Waals surface area (Å²) in [5.74, 6) is -2.71. The van der Waals surface area contributed by atoms with Gasteiger partial charge in [-0.2, -0.15) is 0 Å². The molecule has 0 aliphatic heterocycles. The Hall–Kier alpha value is -2.44. The predicted octanol–water partition coefficient (Wildman–Crippen LogP) is 1.13. The van der Waals surface area contributed by atoms with Crippen LogP contribution in [0.4, 0.5) is 10.1 Å². The van der Waals surface area contributed by atoms with E-state index in [1.165, 1.54) is 31.2 Å². The molecule has 7 heteroatoms. The number of nitrogens with one attached hydrogen (secondary N) is 2. The van der Waals surface area contributed by atoms with Gasteiger partial charge in [0.25, 0.3) is 0 Å². The first-order valence-electron chi connectivity index (χ1n) is 6.46. The summed E-state index contributed by atoms with van der Waals surface area (Å²) in [5, 5.41) is 13.6. The van der Waals surface area contributed by atoms with Crippen molar-refractivity contribution >= 4 is 23.5 Å². The molecule has 0 heterocycles. The van der Waals surface area contributed by atoms with Gasteiger partial charge in [0.2, 0.25) is 11.8 Å². The van der Waals surface area contributed by atoms with Crippen LogP contribution in [-0.4, -0.2) is 28.9 Å². The van der Waals surface area contributed by atoms with Crippen LogP contribution in [0, 0.1) is 11.2 Å². The van der Waals surface area contributed by atoms with Gasteiger partial charge in [-0.1, -0.05) is 0 Å². The normalized spacial score (nSPS) is 16.7. The molecule has 112 valence electrons. The van der Waals surface area contributed by atoms with Crippen molar-refractivity contribution in [3.8, 4) is 0 Å². The molecule has 0 aromatic heterocycles. The molecule has 3 N–H and O–H groups in total. The molecule has 0 spiro atoms. The molecular weight excluding hydrogens is 279 g/mol. The number of carbonyl (C=O) groups is 3. The summed E-state index contributed by atoms with van der Waals surface area (Å²) in [5.41, 5.74) is -0.843. The van der Waals surface area contributed by atoms with E-state index in [0.717, 1.165) is 0 Å². The second-order valence-corrected chi connectivity index (χ2v) is 5.08. The van der Waals surface area contributed by atoms with Crippen molar-refractivity contribution in [2.45, 2.75) is 25.8 Å². The van der Waals surface area contributed by atoms with Crippen molar-refractivity contribution in [2.75, 3.05) is 5.32 Å². The molecule has 0 unspecified atom stereocenters. The van der Waals surface area contributed by atoms with E-state index in [4.69, 9.17) is 5.11 Å². The predicted molar refractivity (Wildman–Crippen MR) is 71.9 cm³/mol. The average Bonchev–Trinajstić information content (AvgIpc) is 3.22. The highest BCUT2D eigenvalue weighted by Gasteiger charge is 2.56. The molecule has 0 radical (unpaired) electrons. The summed E-state index contributed by atoms with van der Waals surface area (Å²) >= 11 is 0. The summed E-state index contributed by atoms with van der Waals surface area (Å²) in [6.07, 6.45) is 0.719. The van der Waals surface area contributed by atoms with E-state index in [0.29, 0.717) is 18.5 Å². The molecule has 1 saturated carbocycles. The highest BCUT2D eigenvalue weighted by atomic mass is 19.1. The summed E-state index contributed by atoms with van der Waals surface area (Å²) in [6, 6.07) is 4.11. The summed E-state index contributed by atoms with van der Waals surface area (Å²) in [4.78, 5) is 34.9. The van der Waals surface area contributed by atoms with E-state index in [-0.39, 0.29) is 0 Å². The molecule has 1 aliphatic carbocycles. The second kappa shape index (κ2) is 5.51. The zero-order valence-corrected chi connectivity index (χ0v) is 11.4. The molecular formula is C14H15FN2O4. The fourth-order valence-corrected chi connectivity index (χ4v) is 1.86. The standard InChI is InChI=1S/C14H15FN2O4/c1-8(11(18)19)16-12(20)14(6-7-14)13(21)17-10-4-2-9(15)3-5-10/h2-5,8H,6-7H2,1H3,(H,16,20)(H,17,21)(H,18,19)/t8-/m0/s1. The monoisotopic (exact) mass is 294 g/mol. The number of rotatable bonds is 5. The fraction of sp³-hybridized carbons (Fsp3) is 0.357. The molecule has 1 aromatic carbocycles. The molecule has 2 amide bonds. The summed E-state index contributed by atoms with van der Waals surface area (Å²) in [6.45, 7) is 1.33. The highest BCUT2D eigenvalue weighted by molar-refractivity contribution is 6.13. The maximum absolute atomic E-state index is 12.8. The number of hydrogen-bond donors (Lipinski definition) is 3. The Labute approximate surface area is 120 Å². The smallest absolute Gasteiger partial charge is 0.325 e. The largest absolute Gasteiger partial charge is 0.480 e. The van der Waals surface area contributed by atoms with Crippen LogP contribution in [0.5, 0.6) is 0 Å². The van der Waals surface area contributed by atoms with Crippen LogP contribution < -0.4 is 10.6 Å². The lowest BCUT2D eigenvalue weighted by Gasteiger charge is -2.17. The van der Waals surface area contributed by atoms with E-state index in [2.05, 4.69) is 10.6 Å². The van der Waals surface area contributed by atoms with Gasteiger partial charge in [0.15, 0.2) is 0 Å². The molecule has 1 aliphatic rings. The third kappa shape index (κ3) is 3.18. The quantitative estimate of drug-likeness (QED) is 0.709. The van der Waals surface area contributed by atoms with Gasteiger partial charge in [-0.3, -0.25) is 14.4 Å². The molecule has 21 heavy (non-hydrogen) atoms. The second-order valence-electron chi connectivity index (χ2n) is 5.08. The average molecular weight is 294 g/mol. The lowest BCUT2D eigenvalue weighted by molar-refractivity contribution is -0.143. The maximum Gasteiger partial charge on any atom is 0.325 e. The van der Waals surface area contributed by atoms with Crippen LogP contribution in [-0.2, 0) is 14.4 Å². The molecule has 6 nitrogen and oxygen atoms in total. The van der Waals surface area contributed by atoms with Gasteiger partial charge in [-0.25, -0.2) is 4.39 Å². The van der Waals surface area contributed by atoms with Gasteiger partial charge >= 0.3 is 5.97 Å². The Morgan fingerprint density at radius 1 is 1.19 bits per heavy atom. The minimum atomic E-state index is -1.22. The highest BCUT2D eigenvalue weighted by Crippen LogP contribution is 2.46. The minimum absolute atomic E-state index is 0.359. The zero-order valence-electron chi connectivity index (χ0n) is 11.4. The first-order chi connectivity index (χ1) is 9.85. The van der Waals surface area contributed by atoms with Gasteiger partial charge < -0.3 is 15.7 Å². The third-order valence-corrected chi connectivity index (χ3v) is 3.44. The first-order valence-corrected chi connectivity index (χ1v) is 6.46. The number of anilines is 1. The van der Waals surface area contributed by atoms with Crippen LogP contribution in [0.25, 0.3) is 0 Å². The van der Waals surface area contributed by atoms with E-state index >= 15 is 0 Å². The van der Waals surface area contributed by atoms with E-state index in [9.17, 15) is 18.8 Å². The molecule has 0 saturated heterocycles. The number of carboxylic acid groups (broad SMARTS) is 1. The van der Waals surface area contributed by atoms with Crippen LogP contribution >= 0.6 is 0 Å². The molecule has 0 bridgehead atoms. The first kappa shape index (κ1) is 15.0. The van der Waals surface area contributed by atoms with Crippen molar-refractivity contribution in [3.63, 3.8) is 0 Å². The van der Waals surface area contributed by atoms with Crippen LogP contribution in [0.3, 0.4) is 0 Å². The van der Waals surface area contributed by atoms with Gasteiger partial charge in [0.1, 0.15) is 17.3 Å². The number of hydrogen-bond acceptors (Lipinski definition) is 3. The van der Waals surface area contributed by atoms with Crippen molar-refractivity contribution in [1.29, 1.82) is 0 Å². The molecule has 2 rings (SSSR count). The molecule has 1 aromatic rings. The summed E-state index contributed by atoms with van der Waals surface area (Å²) < 4.78 is 12.8. The molecule has 1 fully saturated rings. The van der Waals surface area contributed by atoms with E-state index in [1.54, 1.807) is 0 Å². The van der Waals surface area contributed by atoms with Gasteiger partial charge in [0.05, 0.1) is 0 Å². The van der Waals surface area contributed by atoms with Crippen molar-refractivity contribution < 1.29 is 23.9 Å². The number of carbonyl (C=O) groups excluding carboxylic acids is 2. The van der Waals surface area contributed by atoms with Crippen molar-refractivity contribution in [1.82, 2.24) is 5.32 Å². The topological polar surface area (TPSA) is 95.5 Å². The Bertz CT molecular complexity index is 581. The number of benzene rings is 1. The minimum Gasteiger partial charge on any atom is -0.480 e. The lowest BCUT2D eigenvalue weighted by atomic mass is 10.0. The van der Waals surface area contributed by atoms with E-state index in [1.807, 2.05) is 0 Å². The number of carboxylic acids is 1. The Balaban J connectivity index is 2.02. The Morgan fingerprint density at radius 3 is 2.24 bits per heavy atom. The lowest BCUT2D eigenvalue weighted by Crippen LogP contribution is -2.46. The Kier molecular flexibility index (Phi) is 3.93. The van der Waals surface area contributed by atoms with Gasteiger partial charge in [0, 0.05) is 5.69 Å². The van der Waals surface area contributed by atoms with Crippen LogP contribution in [0.2, 0.25) is 0 Å². The van der Waals surface area contributed by atoms with Gasteiger partial charge in [-0.05, 0) is 44.0 Å². The van der Waals surface area contributed by atoms with Crippen molar-refractivity contribution in [3.05, 3.63) is 30.1 Å².